The summed E-state index contributed by atoms with van der Waals surface area (Å²) < 4.78 is 0. The molecule has 4 heteroatoms. The number of amides is 1. The lowest BCUT2D eigenvalue weighted by molar-refractivity contribution is 0.102. The molecule has 2 aromatic rings. The monoisotopic (exact) mass is 241 g/mol. The Kier molecular flexibility index (Phi) is 3.28. The van der Waals surface area contributed by atoms with Crippen LogP contribution in [0.4, 0.5) is 11.5 Å². The molecular weight excluding hydrogens is 226 g/mol. The number of anilines is 2. The van der Waals surface area contributed by atoms with Gasteiger partial charge in [0.05, 0.1) is 5.56 Å². The van der Waals surface area contributed by atoms with Crippen LogP contribution in [0.3, 0.4) is 0 Å². The summed E-state index contributed by atoms with van der Waals surface area (Å²) in [6, 6.07) is 9.22. The van der Waals surface area contributed by atoms with Crippen LogP contribution in [0.15, 0.2) is 36.5 Å². The molecule has 0 radical (unpaired) electrons. The van der Waals surface area contributed by atoms with E-state index < -0.39 is 0 Å². The smallest absolute Gasteiger partial charge is 0.259 e. The number of carbonyl (C=O) groups is 1. The lowest BCUT2D eigenvalue weighted by Crippen LogP contribution is -2.14. The number of carbonyl (C=O) groups excluding carboxylic acids is 1. The number of nitrogens with zero attached hydrogens (tertiary/aromatic N) is 1. The predicted molar refractivity (Wildman–Crippen MR) is 72.5 cm³/mol. The standard InChI is InChI=1S/C14H15N3O/c1-9-6-10(2)8-11(7-9)17-14(18)12-4-3-5-16-13(12)15/h3-8H,1-2H3,(H2,15,16)(H,17,18). The number of benzene rings is 1. The fourth-order valence-electron chi connectivity index (χ4n) is 1.85. The summed E-state index contributed by atoms with van der Waals surface area (Å²) in [7, 11) is 0. The molecule has 0 unspecified atom stereocenters. The Morgan fingerprint density at radius 3 is 2.50 bits per heavy atom. The largest absolute Gasteiger partial charge is 0.383 e. The number of aromatic nitrogens is 1. The lowest BCUT2D eigenvalue weighted by atomic mass is 10.1. The van der Waals surface area contributed by atoms with Crippen molar-refractivity contribution >= 4 is 17.4 Å². The summed E-state index contributed by atoms with van der Waals surface area (Å²) in [5, 5.41) is 2.82. The Bertz CT molecular complexity index is 573. The van der Waals surface area contributed by atoms with Gasteiger partial charge in [-0.25, -0.2) is 4.98 Å². The molecule has 2 rings (SSSR count). The van der Waals surface area contributed by atoms with E-state index in [4.69, 9.17) is 5.73 Å². The Labute approximate surface area is 106 Å². The highest BCUT2D eigenvalue weighted by Crippen LogP contribution is 2.16. The topological polar surface area (TPSA) is 68.0 Å². The Balaban J connectivity index is 2.24. The lowest BCUT2D eigenvalue weighted by Gasteiger charge is -2.08. The van der Waals surface area contributed by atoms with E-state index >= 15 is 0 Å². The van der Waals surface area contributed by atoms with Gasteiger partial charge in [-0.15, -0.1) is 0 Å². The molecule has 0 atom stereocenters. The quantitative estimate of drug-likeness (QED) is 0.849. The zero-order valence-electron chi connectivity index (χ0n) is 10.4. The SMILES string of the molecule is Cc1cc(C)cc(NC(=O)c2cccnc2N)c1. The molecule has 0 saturated heterocycles. The molecule has 0 saturated carbocycles. The van der Waals surface area contributed by atoms with Crippen molar-refractivity contribution in [3.63, 3.8) is 0 Å². The minimum Gasteiger partial charge on any atom is -0.383 e. The highest BCUT2D eigenvalue weighted by atomic mass is 16.1. The van der Waals surface area contributed by atoms with Gasteiger partial charge in [0.2, 0.25) is 0 Å². The number of aryl methyl sites for hydroxylation is 2. The molecule has 1 heterocycles. The fourth-order valence-corrected chi connectivity index (χ4v) is 1.85. The zero-order chi connectivity index (χ0) is 13.1. The van der Waals surface area contributed by atoms with E-state index in [1.54, 1.807) is 18.3 Å². The summed E-state index contributed by atoms with van der Waals surface area (Å²) in [4.78, 5) is 15.9. The van der Waals surface area contributed by atoms with Crippen LogP contribution >= 0.6 is 0 Å². The molecule has 4 nitrogen and oxygen atoms in total. The molecule has 0 aliphatic rings. The van der Waals surface area contributed by atoms with E-state index in [0.29, 0.717) is 5.56 Å². The van der Waals surface area contributed by atoms with Gasteiger partial charge in [-0.05, 0) is 49.2 Å². The summed E-state index contributed by atoms with van der Waals surface area (Å²) in [6.45, 7) is 3.97. The minimum absolute atomic E-state index is 0.236. The first kappa shape index (κ1) is 12.1. The van der Waals surface area contributed by atoms with Crippen molar-refractivity contribution in [3.05, 3.63) is 53.2 Å². The van der Waals surface area contributed by atoms with Crippen LogP contribution in [-0.2, 0) is 0 Å². The summed E-state index contributed by atoms with van der Waals surface area (Å²) in [6.07, 6.45) is 1.56. The maximum Gasteiger partial charge on any atom is 0.259 e. The van der Waals surface area contributed by atoms with Crippen LogP contribution in [0.2, 0.25) is 0 Å². The number of hydrogen-bond acceptors (Lipinski definition) is 3. The van der Waals surface area contributed by atoms with Crippen LogP contribution in [0, 0.1) is 13.8 Å². The average molecular weight is 241 g/mol. The van der Waals surface area contributed by atoms with E-state index in [1.165, 1.54) is 0 Å². The van der Waals surface area contributed by atoms with Crippen LogP contribution in [0.1, 0.15) is 21.5 Å². The van der Waals surface area contributed by atoms with Crippen molar-refractivity contribution in [2.24, 2.45) is 0 Å². The van der Waals surface area contributed by atoms with Crippen molar-refractivity contribution in [1.82, 2.24) is 4.98 Å². The number of pyridine rings is 1. The Morgan fingerprint density at radius 1 is 1.22 bits per heavy atom. The molecule has 0 fully saturated rings. The molecule has 0 spiro atoms. The molecule has 1 aromatic carbocycles. The first-order chi connectivity index (χ1) is 8.56. The van der Waals surface area contributed by atoms with Crippen molar-refractivity contribution in [2.45, 2.75) is 13.8 Å². The van der Waals surface area contributed by atoms with Gasteiger partial charge < -0.3 is 11.1 Å². The third-order valence-corrected chi connectivity index (χ3v) is 2.56. The van der Waals surface area contributed by atoms with Gasteiger partial charge in [0, 0.05) is 11.9 Å². The van der Waals surface area contributed by atoms with Crippen LogP contribution in [0.5, 0.6) is 0 Å². The second-order valence-corrected chi connectivity index (χ2v) is 4.27. The van der Waals surface area contributed by atoms with Gasteiger partial charge in [0.1, 0.15) is 5.82 Å². The van der Waals surface area contributed by atoms with Crippen molar-refractivity contribution in [3.8, 4) is 0 Å². The number of hydrogen-bond donors (Lipinski definition) is 2. The second-order valence-electron chi connectivity index (χ2n) is 4.27. The van der Waals surface area contributed by atoms with Gasteiger partial charge >= 0.3 is 0 Å². The van der Waals surface area contributed by atoms with E-state index in [-0.39, 0.29) is 11.7 Å². The van der Waals surface area contributed by atoms with Gasteiger partial charge in [-0.3, -0.25) is 4.79 Å². The normalized spacial score (nSPS) is 10.1. The Morgan fingerprint density at radius 2 is 1.89 bits per heavy atom. The zero-order valence-corrected chi connectivity index (χ0v) is 10.4. The van der Waals surface area contributed by atoms with Gasteiger partial charge in [-0.1, -0.05) is 6.07 Å². The van der Waals surface area contributed by atoms with Crippen LogP contribution in [0.25, 0.3) is 0 Å². The number of nitrogens with two attached hydrogens (primary N) is 1. The molecule has 18 heavy (non-hydrogen) atoms. The maximum absolute atomic E-state index is 12.0. The highest BCUT2D eigenvalue weighted by molar-refractivity contribution is 6.07. The van der Waals surface area contributed by atoms with E-state index in [2.05, 4.69) is 10.3 Å². The first-order valence-corrected chi connectivity index (χ1v) is 5.66. The average Bonchev–Trinajstić information content (AvgIpc) is 2.27. The third-order valence-electron chi connectivity index (χ3n) is 2.56. The van der Waals surface area contributed by atoms with Gasteiger partial charge in [0.15, 0.2) is 0 Å². The Hall–Kier alpha value is -2.36. The second kappa shape index (κ2) is 4.87. The predicted octanol–water partition coefficient (Wildman–Crippen LogP) is 2.53. The van der Waals surface area contributed by atoms with Crippen molar-refractivity contribution in [2.75, 3.05) is 11.1 Å². The first-order valence-electron chi connectivity index (χ1n) is 5.66. The van der Waals surface area contributed by atoms with E-state index in [1.807, 2.05) is 32.0 Å². The summed E-state index contributed by atoms with van der Waals surface area (Å²) in [5.41, 5.74) is 9.02. The van der Waals surface area contributed by atoms with Gasteiger partial charge in [0.25, 0.3) is 5.91 Å². The van der Waals surface area contributed by atoms with E-state index in [9.17, 15) is 4.79 Å². The molecular formula is C14H15N3O. The third kappa shape index (κ3) is 2.66. The molecule has 92 valence electrons. The van der Waals surface area contributed by atoms with E-state index in [0.717, 1.165) is 16.8 Å². The molecule has 1 aromatic heterocycles. The summed E-state index contributed by atoms with van der Waals surface area (Å²) in [5.74, 6) is -0.00928. The maximum atomic E-state index is 12.0. The molecule has 0 bridgehead atoms. The van der Waals surface area contributed by atoms with Gasteiger partial charge in [-0.2, -0.15) is 0 Å². The number of rotatable bonds is 2. The molecule has 0 aliphatic heterocycles. The number of nitrogen functional groups attached to an aromatic ring is 1. The van der Waals surface area contributed by atoms with Crippen molar-refractivity contribution in [1.29, 1.82) is 0 Å². The molecule has 3 N–H and O–H groups in total. The minimum atomic E-state index is -0.245. The van der Waals surface area contributed by atoms with Crippen molar-refractivity contribution < 1.29 is 4.79 Å². The van der Waals surface area contributed by atoms with Crippen LogP contribution in [-0.4, -0.2) is 10.9 Å². The molecule has 0 aliphatic carbocycles. The number of nitrogens with one attached hydrogen (secondary N) is 1. The molecule has 1 amide bonds. The fraction of sp³-hybridized carbons (Fsp3) is 0.143. The highest BCUT2D eigenvalue weighted by Gasteiger charge is 2.10. The van der Waals surface area contributed by atoms with Crippen LogP contribution < -0.4 is 11.1 Å². The summed E-state index contributed by atoms with van der Waals surface area (Å²) >= 11 is 0.